The number of rotatable bonds is 7. The monoisotopic (exact) mass is 429 g/mol. The van der Waals surface area contributed by atoms with E-state index in [1.807, 2.05) is 12.1 Å². The van der Waals surface area contributed by atoms with Gasteiger partial charge < -0.3 is 15.2 Å². The average Bonchev–Trinajstić information content (AvgIpc) is 3.18. The maximum atomic E-state index is 12.8. The molecule has 6 nitrogen and oxygen atoms in total. The Kier molecular flexibility index (Phi) is 6.76. The topological polar surface area (TPSA) is 77.7 Å². The highest BCUT2D eigenvalue weighted by Gasteiger charge is 2.36. The van der Waals surface area contributed by atoms with Crippen LogP contribution in [0.3, 0.4) is 0 Å². The van der Waals surface area contributed by atoms with Gasteiger partial charge in [0.25, 0.3) is 5.91 Å². The second-order valence-corrected chi connectivity index (χ2v) is 7.74. The zero-order valence-electron chi connectivity index (χ0n) is 15.8. The predicted molar refractivity (Wildman–Crippen MR) is 102 cm³/mol. The van der Waals surface area contributed by atoms with Crippen LogP contribution in [0.15, 0.2) is 29.6 Å². The Bertz CT molecular complexity index is 826. The van der Waals surface area contributed by atoms with E-state index in [-0.39, 0.29) is 12.6 Å². The predicted octanol–water partition coefficient (Wildman–Crippen LogP) is 3.03. The summed E-state index contributed by atoms with van der Waals surface area (Å²) < 4.78 is 49.3. The highest BCUT2D eigenvalue weighted by Crippen LogP contribution is 2.34. The fraction of sp³-hybridized carbons (Fsp3) is 0.474. The lowest BCUT2D eigenvalue weighted by atomic mass is 10.0. The SMILES string of the molecule is CC(Cc1ccc(OCC(N)=O)cc1)N1CCOC(c2csc(C(F)(F)F)n2)C1. The van der Waals surface area contributed by atoms with Crippen molar-refractivity contribution in [1.82, 2.24) is 9.88 Å². The first-order valence-corrected chi connectivity index (χ1v) is 9.98. The molecule has 1 fully saturated rings. The summed E-state index contributed by atoms with van der Waals surface area (Å²) >= 11 is 0.594. The summed E-state index contributed by atoms with van der Waals surface area (Å²) in [5, 5.41) is 0.576. The van der Waals surface area contributed by atoms with Gasteiger partial charge in [0, 0.05) is 24.5 Å². The Morgan fingerprint density at radius 1 is 1.41 bits per heavy atom. The zero-order chi connectivity index (χ0) is 21.0. The van der Waals surface area contributed by atoms with Gasteiger partial charge in [0.05, 0.1) is 12.3 Å². The molecule has 2 atom stereocenters. The van der Waals surface area contributed by atoms with Crippen molar-refractivity contribution in [2.45, 2.75) is 31.7 Å². The van der Waals surface area contributed by atoms with Crippen LogP contribution < -0.4 is 10.5 Å². The van der Waals surface area contributed by atoms with E-state index in [9.17, 15) is 18.0 Å². The lowest BCUT2D eigenvalue weighted by molar-refractivity contribution is -0.138. The fourth-order valence-electron chi connectivity index (χ4n) is 3.16. The summed E-state index contributed by atoms with van der Waals surface area (Å²) in [6.45, 7) is 3.53. The minimum Gasteiger partial charge on any atom is -0.484 e. The number of halogens is 3. The summed E-state index contributed by atoms with van der Waals surface area (Å²) in [5.74, 6) is 0.0303. The first kappa shape index (κ1) is 21.5. The Balaban J connectivity index is 1.57. The smallest absolute Gasteiger partial charge is 0.443 e. The number of benzene rings is 1. The summed E-state index contributed by atoms with van der Waals surface area (Å²) in [7, 11) is 0. The quantitative estimate of drug-likeness (QED) is 0.732. The van der Waals surface area contributed by atoms with Crippen molar-refractivity contribution in [3.8, 4) is 5.75 Å². The van der Waals surface area contributed by atoms with E-state index in [0.717, 1.165) is 12.0 Å². The molecule has 0 saturated carbocycles. The number of carbonyl (C=O) groups excluding carboxylic acids is 1. The first-order valence-electron chi connectivity index (χ1n) is 9.10. The van der Waals surface area contributed by atoms with Gasteiger partial charge in [-0.25, -0.2) is 4.98 Å². The molecule has 1 amide bonds. The molecule has 2 heterocycles. The number of morpholine rings is 1. The largest absolute Gasteiger partial charge is 0.484 e. The van der Waals surface area contributed by atoms with Crippen molar-refractivity contribution in [3.63, 3.8) is 0 Å². The maximum absolute atomic E-state index is 12.8. The second-order valence-electron chi connectivity index (χ2n) is 6.88. The molecule has 10 heteroatoms. The van der Waals surface area contributed by atoms with E-state index in [1.165, 1.54) is 5.38 Å². The molecule has 3 rings (SSSR count). The number of aromatic nitrogens is 1. The van der Waals surface area contributed by atoms with Gasteiger partial charge in [-0.1, -0.05) is 12.1 Å². The molecule has 1 aliphatic rings. The summed E-state index contributed by atoms with van der Waals surface area (Å²) in [5.41, 5.74) is 6.47. The van der Waals surface area contributed by atoms with E-state index < -0.39 is 23.2 Å². The number of nitrogens with zero attached hydrogens (tertiary/aromatic N) is 2. The van der Waals surface area contributed by atoms with Crippen LogP contribution in [0.4, 0.5) is 13.2 Å². The molecular formula is C19H22F3N3O3S. The lowest BCUT2D eigenvalue weighted by Gasteiger charge is -2.36. The van der Waals surface area contributed by atoms with Crippen molar-refractivity contribution in [2.75, 3.05) is 26.3 Å². The van der Waals surface area contributed by atoms with Crippen molar-refractivity contribution in [3.05, 3.63) is 45.9 Å². The maximum Gasteiger partial charge on any atom is 0.443 e. The molecule has 1 aromatic heterocycles. The number of hydrogen-bond donors (Lipinski definition) is 1. The molecule has 1 aromatic carbocycles. The van der Waals surface area contributed by atoms with Crippen LogP contribution in [0.25, 0.3) is 0 Å². The van der Waals surface area contributed by atoms with E-state index in [0.29, 0.717) is 42.5 Å². The van der Waals surface area contributed by atoms with E-state index in [4.69, 9.17) is 15.2 Å². The number of ether oxygens (including phenoxy) is 2. The van der Waals surface area contributed by atoms with Crippen LogP contribution in [0, 0.1) is 0 Å². The number of hydrogen-bond acceptors (Lipinski definition) is 6. The molecule has 2 unspecified atom stereocenters. The lowest BCUT2D eigenvalue weighted by Crippen LogP contribution is -2.44. The second kappa shape index (κ2) is 9.10. The summed E-state index contributed by atoms with van der Waals surface area (Å²) in [4.78, 5) is 16.7. The number of thiazole rings is 1. The van der Waals surface area contributed by atoms with Crippen molar-refractivity contribution in [1.29, 1.82) is 0 Å². The molecule has 0 bridgehead atoms. The highest BCUT2D eigenvalue weighted by molar-refractivity contribution is 7.09. The third-order valence-electron chi connectivity index (χ3n) is 4.65. The summed E-state index contributed by atoms with van der Waals surface area (Å²) in [6, 6.07) is 7.56. The number of carbonyl (C=O) groups is 1. The number of nitrogens with two attached hydrogens (primary N) is 1. The van der Waals surface area contributed by atoms with Gasteiger partial charge in [0.2, 0.25) is 0 Å². The van der Waals surface area contributed by atoms with E-state index in [1.54, 1.807) is 12.1 Å². The fourth-order valence-corrected chi connectivity index (χ4v) is 3.89. The molecule has 29 heavy (non-hydrogen) atoms. The molecule has 0 spiro atoms. The molecule has 2 N–H and O–H groups in total. The van der Waals surface area contributed by atoms with Crippen molar-refractivity contribution < 1.29 is 27.4 Å². The van der Waals surface area contributed by atoms with Crippen LogP contribution in [0.1, 0.15) is 29.3 Å². The van der Waals surface area contributed by atoms with Crippen molar-refractivity contribution >= 4 is 17.2 Å². The highest BCUT2D eigenvalue weighted by atomic mass is 32.1. The van der Waals surface area contributed by atoms with Crippen LogP contribution >= 0.6 is 11.3 Å². The van der Waals surface area contributed by atoms with Crippen LogP contribution in [0.2, 0.25) is 0 Å². The standard InChI is InChI=1S/C19H22F3N3O3S/c1-12(8-13-2-4-14(5-3-13)28-10-17(23)26)25-6-7-27-16(9-25)15-11-29-18(24-15)19(20,21)22/h2-5,11-12,16H,6-10H2,1H3,(H2,23,26). The van der Waals surface area contributed by atoms with Crippen LogP contribution in [-0.2, 0) is 22.1 Å². The third kappa shape index (κ3) is 5.91. The number of primary amides is 1. The molecular weight excluding hydrogens is 407 g/mol. The van der Waals surface area contributed by atoms with Gasteiger partial charge in [-0.15, -0.1) is 11.3 Å². The molecule has 2 aromatic rings. The average molecular weight is 429 g/mol. The van der Waals surface area contributed by atoms with Gasteiger partial charge in [-0.3, -0.25) is 9.69 Å². The molecule has 0 aliphatic carbocycles. The normalized spacial score (nSPS) is 19.1. The molecule has 1 aliphatic heterocycles. The zero-order valence-corrected chi connectivity index (χ0v) is 16.6. The molecule has 0 radical (unpaired) electrons. The first-order chi connectivity index (χ1) is 13.7. The van der Waals surface area contributed by atoms with Gasteiger partial charge >= 0.3 is 6.18 Å². The Morgan fingerprint density at radius 2 is 2.14 bits per heavy atom. The Labute approximate surface area is 170 Å². The third-order valence-corrected chi connectivity index (χ3v) is 5.56. The minimum absolute atomic E-state index is 0.166. The van der Waals surface area contributed by atoms with Crippen LogP contribution in [-0.4, -0.2) is 48.1 Å². The van der Waals surface area contributed by atoms with E-state index >= 15 is 0 Å². The Morgan fingerprint density at radius 3 is 2.76 bits per heavy atom. The van der Waals surface area contributed by atoms with Crippen molar-refractivity contribution in [2.24, 2.45) is 5.73 Å². The number of alkyl halides is 3. The minimum atomic E-state index is -4.43. The van der Waals surface area contributed by atoms with Crippen LogP contribution in [0.5, 0.6) is 5.75 Å². The molecule has 1 saturated heterocycles. The molecule has 158 valence electrons. The van der Waals surface area contributed by atoms with Gasteiger partial charge in [-0.05, 0) is 31.0 Å². The Hall–Kier alpha value is -2.17. The van der Waals surface area contributed by atoms with E-state index in [2.05, 4.69) is 16.8 Å². The number of amides is 1. The van der Waals surface area contributed by atoms with Gasteiger partial charge in [-0.2, -0.15) is 13.2 Å². The van der Waals surface area contributed by atoms with Gasteiger partial charge in [0.15, 0.2) is 11.6 Å². The summed E-state index contributed by atoms with van der Waals surface area (Å²) in [6.07, 6.45) is -4.14. The van der Waals surface area contributed by atoms with Gasteiger partial charge in [0.1, 0.15) is 11.9 Å².